The monoisotopic (exact) mass is 385 g/mol. The molecule has 2 N–H and O–H groups in total. The van der Waals surface area contributed by atoms with Gasteiger partial charge in [-0.15, -0.1) is 0 Å². The minimum atomic E-state index is -0.264. The van der Waals surface area contributed by atoms with Gasteiger partial charge in [0.15, 0.2) is 0 Å². The molecule has 1 saturated heterocycles. The molecule has 2 amide bonds. The summed E-state index contributed by atoms with van der Waals surface area (Å²) in [6.45, 7) is 4.69. The number of hydrogen-bond acceptors (Lipinski definition) is 2. The van der Waals surface area contributed by atoms with E-state index in [1.54, 1.807) is 6.07 Å². The van der Waals surface area contributed by atoms with Crippen LogP contribution in [0.4, 0.5) is 0 Å². The highest BCUT2D eigenvalue weighted by molar-refractivity contribution is 6.31. The molecule has 2 atom stereocenters. The third-order valence-electron chi connectivity index (χ3n) is 5.64. The normalized spacial score (nSPS) is 23.9. The Kier molecular flexibility index (Phi) is 4.50. The number of fused-ring (bicyclic) bond motifs is 1. The summed E-state index contributed by atoms with van der Waals surface area (Å²) < 4.78 is 0. The zero-order valence-electron chi connectivity index (χ0n) is 15.6. The van der Waals surface area contributed by atoms with Crippen molar-refractivity contribution in [2.24, 2.45) is 5.92 Å². The third-order valence-corrected chi connectivity index (χ3v) is 5.88. The zero-order valence-corrected chi connectivity index (χ0v) is 16.3. The summed E-state index contributed by atoms with van der Waals surface area (Å²) in [6, 6.07) is 7.27. The van der Waals surface area contributed by atoms with Crippen LogP contribution in [0.15, 0.2) is 36.4 Å². The molecule has 2 unspecified atom stereocenters. The lowest BCUT2D eigenvalue weighted by molar-refractivity contribution is -0.137. The molecule has 4 rings (SSSR count). The van der Waals surface area contributed by atoms with Gasteiger partial charge in [-0.3, -0.25) is 9.59 Å². The van der Waals surface area contributed by atoms with Crippen LogP contribution in [0.1, 0.15) is 43.6 Å². The highest BCUT2D eigenvalue weighted by Crippen LogP contribution is 2.32. The van der Waals surface area contributed by atoms with E-state index in [1.165, 1.54) is 0 Å². The van der Waals surface area contributed by atoms with E-state index in [0.717, 1.165) is 30.2 Å². The lowest BCUT2D eigenvalue weighted by atomic mass is 9.98. The first-order chi connectivity index (χ1) is 12.8. The number of amides is 2. The summed E-state index contributed by atoms with van der Waals surface area (Å²) in [6.07, 6.45) is 6.69. The van der Waals surface area contributed by atoms with Crippen LogP contribution in [0.25, 0.3) is 10.9 Å². The fourth-order valence-electron chi connectivity index (χ4n) is 4.25. The maximum absolute atomic E-state index is 12.9. The van der Waals surface area contributed by atoms with Crippen LogP contribution in [0.2, 0.25) is 5.02 Å². The molecule has 142 valence electrons. The molecule has 0 radical (unpaired) electrons. The van der Waals surface area contributed by atoms with E-state index < -0.39 is 0 Å². The van der Waals surface area contributed by atoms with E-state index in [1.807, 2.05) is 29.2 Å². The molecule has 1 aliphatic carbocycles. The number of carbonyl (C=O) groups is 2. The summed E-state index contributed by atoms with van der Waals surface area (Å²) >= 11 is 6.01. The lowest BCUT2D eigenvalue weighted by Crippen LogP contribution is -2.45. The van der Waals surface area contributed by atoms with E-state index in [9.17, 15) is 9.59 Å². The fraction of sp³-hybridized carbons (Fsp3) is 0.429. The van der Waals surface area contributed by atoms with Gasteiger partial charge in [0.1, 0.15) is 5.69 Å². The Morgan fingerprint density at radius 2 is 2.11 bits per heavy atom. The minimum Gasteiger partial charge on any atom is -0.350 e. The standard InChI is InChI=1S/C21H24ClN3O2/c1-21(2)11-16(12-25(21)20(27)13-5-3-4-6-13)23-19(26)18-9-14-7-8-15(22)10-17(14)24-18/h3,5,7-10,13,16,24H,4,6,11-12H2,1-2H3,(H,23,26). The van der Waals surface area contributed by atoms with Crippen LogP contribution in [0, 0.1) is 5.92 Å². The Morgan fingerprint density at radius 3 is 2.85 bits per heavy atom. The molecule has 2 aliphatic rings. The fourth-order valence-corrected chi connectivity index (χ4v) is 4.43. The van der Waals surface area contributed by atoms with Crippen LogP contribution < -0.4 is 5.32 Å². The molecule has 2 heterocycles. The molecule has 1 aliphatic heterocycles. The molecular formula is C21H24ClN3O2. The number of nitrogens with one attached hydrogen (secondary N) is 2. The van der Waals surface area contributed by atoms with E-state index in [-0.39, 0.29) is 29.3 Å². The van der Waals surface area contributed by atoms with Crippen molar-refractivity contribution in [1.29, 1.82) is 0 Å². The number of aromatic amines is 1. The van der Waals surface area contributed by atoms with Crippen molar-refractivity contribution in [2.75, 3.05) is 6.54 Å². The van der Waals surface area contributed by atoms with E-state index >= 15 is 0 Å². The first-order valence-electron chi connectivity index (χ1n) is 9.41. The number of benzene rings is 1. The highest BCUT2D eigenvalue weighted by atomic mass is 35.5. The van der Waals surface area contributed by atoms with Crippen LogP contribution in [-0.2, 0) is 4.79 Å². The van der Waals surface area contributed by atoms with Crippen LogP contribution in [-0.4, -0.2) is 39.8 Å². The second-order valence-corrected chi connectivity index (χ2v) is 8.60. The molecule has 6 heteroatoms. The van der Waals surface area contributed by atoms with Crippen molar-refractivity contribution in [3.63, 3.8) is 0 Å². The van der Waals surface area contributed by atoms with Gasteiger partial charge in [-0.2, -0.15) is 0 Å². The van der Waals surface area contributed by atoms with Crippen molar-refractivity contribution < 1.29 is 9.59 Å². The van der Waals surface area contributed by atoms with Crippen LogP contribution in [0.5, 0.6) is 0 Å². The topological polar surface area (TPSA) is 65.2 Å². The minimum absolute atomic E-state index is 0.0165. The molecule has 2 aromatic rings. The van der Waals surface area contributed by atoms with E-state index in [0.29, 0.717) is 17.3 Å². The Bertz CT molecular complexity index is 931. The highest BCUT2D eigenvalue weighted by Gasteiger charge is 2.43. The van der Waals surface area contributed by atoms with Crippen LogP contribution in [0.3, 0.4) is 0 Å². The Balaban J connectivity index is 1.46. The number of likely N-dealkylation sites (tertiary alicyclic amines) is 1. The lowest BCUT2D eigenvalue weighted by Gasteiger charge is -2.33. The van der Waals surface area contributed by atoms with Gasteiger partial charge in [0.05, 0.1) is 5.92 Å². The maximum Gasteiger partial charge on any atom is 0.268 e. The first-order valence-corrected chi connectivity index (χ1v) is 9.78. The Labute approximate surface area is 163 Å². The molecule has 0 spiro atoms. The molecule has 1 aromatic carbocycles. The van der Waals surface area contributed by atoms with Crippen molar-refractivity contribution in [2.45, 2.75) is 44.7 Å². The SMILES string of the molecule is CC1(C)CC(NC(=O)c2cc3ccc(Cl)cc3[nH]2)CN1C(=O)C1C=CCC1. The Morgan fingerprint density at radius 1 is 1.30 bits per heavy atom. The number of H-pyrrole nitrogens is 1. The van der Waals surface area contributed by atoms with Crippen molar-refractivity contribution in [3.8, 4) is 0 Å². The third kappa shape index (κ3) is 3.48. The number of rotatable bonds is 3. The van der Waals surface area contributed by atoms with Gasteiger partial charge in [0, 0.05) is 34.1 Å². The molecular weight excluding hydrogens is 362 g/mol. The van der Waals surface area contributed by atoms with Gasteiger partial charge in [-0.05, 0) is 51.3 Å². The molecule has 1 aromatic heterocycles. The predicted molar refractivity (Wildman–Crippen MR) is 107 cm³/mol. The predicted octanol–water partition coefficient (Wildman–Crippen LogP) is 3.90. The summed E-state index contributed by atoms with van der Waals surface area (Å²) in [5.74, 6) is 0.00104. The van der Waals surface area contributed by atoms with Gasteiger partial charge in [0.25, 0.3) is 5.91 Å². The maximum atomic E-state index is 12.9. The van der Waals surface area contributed by atoms with E-state index in [2.05, 4.69) is 30.2 Å². The summed E-state index contributed by atoms with van der Waals surface area (Å²) in [7, 11) is 0. The van der Waals surface area contributed by atoms with Gasteiger partial charge in [0.2, 0.25) is 5.91 Å². The zero-order chi connectivity index (χ0) is 19.2. The quantitative estimate of drug-likeness (QED) is 0.787. The Hall–Kier alpha value is -2.27. The number of allylic oxidation sites excluding steroid dienone is 1. The molecule has 5 nitrogen and oxygen atoms in total. The molecule has 0 bridgehead atoms. The number of carbonyl (C=O) groups excluding carboxylic acids is 2. The average Bonchev–Trinajstić information content (AvgIpc) is 3.32. The second-order valence-electron chi connectivity index (χ2n) is 8.16. The van der Waals surface area contributed by atoms with Gasteiger partial charge in [-0.25, -0.2) is 0 Å². The first kappa shape index (κ1) is 18.1. The molecule has 27 heavy (non-hydrogen) atoms. The molecule has 1 fully saturated rings. The second kappa shape index (κ2) is 6.71. The number of halogens is 1. The summed E-state index contributed by atoms with van der Waals surface area (Å²) in [4.78, 5) is 30.6. The summed E-state index contributed by atoms with van der Waals surface area (Å²) in [5, 5.41) is 4.66. The number of hydrogen-bond donors (Lipinski definition) is 2. The van der Waals surface area contributed by atoms with Crippen molar-refractivity contribution in [1.82, 2.24) is 15.2 Å². The number of aromatic nitrogens is 1. The van der Waals surface area contributed by atoms with Crippen molar-refractivity contribution >= 4 is 34.3 Å². The van der Waals surface area contributed by atoms with Gasteiger partial charge >= 0.3 is 0 Å². The average molecular weight is 386 g/mol. The van der Waals surface area contributed by atoms with Crippen LogP contribution >= 0.6 is 11.6 Å². The van der Waals surface area contributed by atoms with Crippen molar-refractivity contribution in [3.05, 3.63) is 47.1 Å². The van der Waals surface area contributed by atoms with Gasteiger partial charge < -0.3 is 15.2 Å². The number of nitrogens with zero attached hydrogens (tertiary/aromatic N) is 1. The molecule has 0 saturated carbocycles. The van der Waals surface area contributed by atoms with Gasteiger partial charge in [-0.1, -0.05) is 29.8 Å². The smallest absolute Gasteiger partial charge is 0.268 e. The largest absolute Gasteiger partial charge is 0.350 e. The summed E-state index contributed by atoms with van der Waals surface area (Å²) in [5.41, 5.74) is 1.08. The van der Waals surface area contributed by atoms with E-state index in [4.69, 9.17) is 11.6 Å².